The molecule has 4 heteroatoms. The standard InChI is InChI=1S/C5H13N3S/c1-8(7)5(6)3-2-4-9/h6,9H,2-4,7H2,1H3. The Hall–Kier alpha value is -0.220. The van der Waals surface area contributed by atoms with Crippen molar-refractivity contribution in [2.24, 2.45) is 5.84 Å². The van der Waals surface area contributed by atoms with Crippen LogP contribution in [-0.4, -0.2) is 23.6 Å². The second-order valence-corrected chi connectivity index (χ2v) is 2.33. The van der Waals surface area contributed by atoms with Crippen LogP contribution >= 0.6 is 12.6 Å². The zero-order chi connectivity index (χ0) is 7.28. The molecule has 0 aliphatic heterocycles. The molecule has 0 spiro atoms. The van der Waals surface area contributed by atoms with Crippen molar-refractivity contribution < 1.29 is 0 Å². The molecule has 0 rings (SSSR count). The summed E-state index contributed by atoms with van der Waals surface area (Å²) in [7, 11) is 1.67. The third-order valence-corrected chi connectivity index (χ3v) is 1.31. The predicted octanol–water partition coefficient (Wildman–Crippen LogP) is 0.479. The van der Waals surface area contributed by atoms with E-state index in [2.05, 4.69) is 12.6 Å². The van der Waals surface area contributed by atoms with Gasteiger partial charge in [0.15, 0.2) is 0 Å². The molecule has 54 valence electrons. The lowest BCUT2D eigenvalue weighted by Gasteiger charge is -2.11. The van der Waals surface area contributed by atoms with Gasteiger partial charge < -0.3 is 5.01 Å². The molecule has 0 bridgehead atoms. The van der Waals surface area contributed by atoms with Gasteiger partial charge in [0.1, 0.15) is 5.84 Å². The van der Waals surface area contributed by atoms with Gasteiger partial charge in [-0.05, 0) is 12.2 Å². The first-order chi connectivity index (χ1) is 4.18. The largest absolute Gasteiger partial charge is 0.302 e. The van der Waals surface area contributed by atoms with Crippen molar-refractivity contribution in [2.45, 2.75) is 12.8 Å². The van der Waals surface area contributed by atoms with Gasteiger partial charge in [0, 0.05) is 13.5 Å². The van der Waals surface area contributed by atoms with Gasteiger partial charge in [-0.2, -0.15) is 12.6 Å². The fraction of sp³-hybridized carbons (Fsp3) is 0.800. The Labute approximate surface area is 61.1 Å². The summed E-state index contributed by atoms with van der Waals surface area (Å²) in [6.45, 7) is 0. The van der Waals surface area contributed by atoms with Gasteiger partial charge in [0.25, 0.3) is 0 Å². The van der Waals surface area contributed by atoms with Gasteiger partial charge >= 0.3 is 0 Å². The molecule has 0 aliphatic rings. The molecule has 0 aromatic carbocycles. The van der Waals surface area contributed by atoms with Crippen molar-refractivity contribution >= 4 is 18.5 Å². The molecule has 0 saturated carbocycles. The summed E-state index contributed by atoms with van der Waals surface area (Å²) in [5, 5.41) is 8.54. The van der Waals surface area contributed by atoms with Crippen LogP contribution in [0.5, 0.6) is 0 Å². The lowest BCUT2D eigenvalue weighted by atomic mass is 10.3. The molecule has 0 aromatic heterocycles. The quantitative estimate of drug-likeness (QED) is 0.179. The summed E-state index contributed by atoms with van der Waals surface area (Å²) < 4.78 is 0. The van der Waals surface area contributed by atoms with Crippen molar-refractivity contribution in [3.8, 4) is 0 Å². The van der Waals surface area contributed by atoms with E-state index in [0.717, 1.165) is 18.6 Å². The maximum absolute atomic E-state index is 7.21. The Morgan fingerprint density at radius 2 is 2.33 bits per heavy atom. The van der Waals surface area contributed by atoms with Crippen LogP contribution in [0.15, 0.2) is 0 Å². The van der Waals surface area contributed by atoms with Gasteiger partial charge in [-0.1, -0.05) is 0 Å². The second-order valence-electron chi connectivity index (χ2n) is 1.88. The molecule has 3 nitrogen and oxygen atoms in total. The van der Waals surface area contributed by atoms with Crippen LogP contribution in [0.25, 0.3) is 0 Å². The molecule has 0 heterocycles. The van der Waals surface area contributed by atoms with Crippen LogP contribution in [0, 0.1) is 5.41 Å². The third-order valence-electron chi connectivity index (χ3n) is 0.997. The van der Waals surface area contributed by atoms with Crippen LogP contribution in [0.1, 0.15) is 12.8 Å². The SMILES string of the molecule is CN(N)C(=N)CCCS. The van der Waals surface area contributed by atoms with Crippen LogP contribution in [0.2, 0.25) is 0 Å². The lowest BCUT2D eigenvalue weighted by molar-refractivity contribution is 0.519. The van der Waals surface area contributed by atoms with E-state index in [1.165, 1.54) is 5.01 Å². The molecule has 9 heavy (non-hydrogen) atoms. The number of thiol groups is 1. The molecule has 0 radical (unpaired) electrons. The van der Waals surface area contributed by atoms with Gasteiger partial charge in [-0.3, -0.25) is 5.41 Å². The van der Waals surface area contributed by atoms with Crippen molar-refractivity contribution in [3.05, 3.63) is 0 Å². The van der Waals surface area contributed by atoms with Crippen molar-refractivity contribution in [1.82, 2.24) is 5.01 Å². The summed E-state index contributed by atoms with van der Waals surface area (Å²) in [5.74, 6) is 6.54. The zero-order valence-electron chi connectivity index (χ0n) is 5.59. The van der Waals surface area contributed by atoms with Crippen LogP contribution in [0.4, 0.5) is 0 Å². The molecular weight excluding hydrogens is 134 g/mol. The van der Waals surface area contributed by atoms with E-state index in [9.17, 15) is 0 Å². The van der Waals surface area contributed by atoms with Crippen molar-refractivity contribution in [2.75, 3.05) is 12.8 Å². The van der Waals surface area contributed by atoms with Gasteiger partial charge in [-0.15, -0.1) is 0 Å². The highest BCUT2D eigenvalue weighted by atomic mass is 32.1. The number of rotatable bonds is 3. The minimum Gasteiger partial charge on any atom is -0.302 e. The fourth-order valence-electron chi connectivity index (χ4n) is 0.423. The monoisotopic (exact) mass is 147 g/mol. The molecule has 0 amide bonds. The molecule has 0 aliphatic carbocycles. The predicted molar refractivity (Wildman–Crippen MR) is 42.8 cm³/mol. The van der Waals surface area contributed by atoms with Gasteiger partial charge in [0.2, 0.25) is 0 Å². The maximum Gasteiger partial charge on any atom is 0.110 e. The average molecular weight is 147 g/mol. The van der Waals surface area contributed by atoms with Crippen LogP contribution in [0.3, 0.4) is 0 Å². The van der Waals surface area contributed by atoms with E-state index in [0.29, 0.717) is 5.84 Å². The van der Waals surface area contributed by atoms with E-state index in [4.69, 9.17) is 11.3 Å². The molecular formula is C5H13N3S. The zero-order valence-corrected chi connectivity index (χ0v) is 6.49. The molecule has 0 fully saturated rings. The average Bonchev–Trinajstić information content (AvgIpc) is 1.82. The smallest absolute Gasteiger partial charge is 0.110 e. The summed E-state index contributed by atoms with van der Waals surface area (Å²) in [6, 6.07) is 0. The molecule has 0 saturated heterocycles. The highest BCUT2D eigenvalue weighted by Gasteiger charge is 1.96. The molecule has 0 atom stereocenters. The topological polar surface area (TPSA) is 53.1 Å². The Morgan fingerprint density at radius 3 is 2.67 bits per heavy atom. The first kappa shape index (κ1) is 8.78. The van der Waals surface area contributed by atoms with Gasteiger partial charge in [-0.25, -0.2) is 5.84 Å². The van der Waals surface area contributed by atoms with E-state index in [1.807, 2.05) is 0 Å². The van der Waals surface area contributed by atoms with E-state index >= 15 is 0 Å². The number of hydrogen-bond donors (Lipinski definition) is 3. The molecule has 0 unspecified atom stereocenters. The number of amidine groups is 1. The highest BCUT2D eigenvalue weighted by Crippen LogP contribution is 1.93. The number of nitrogens with zero attached hydrogens (tertiary/aromatic N) is 1. The fourth-order valence-corrected chi connectivity index (χ4v) is 0.581. The summed E-state index contributed by atoms with van der Waals surface area (Å²) >= 11 is 4.01. The Bertz CT molecular complexity index is 92.2. The first-order valence-corrected chi connectivity index (χ1v) is 3.48. The van der Waals surface area contributed by atoms with Crippen LogP contribution in [-0.2, 0) is 0 Å². The second kappa shape index (κ2) is 4.64. The summed E-state index contributed by atoms with van der Waals surface area (Å²) in [5.41, 5.74) is 0. The number of nitrogens with two attached hydrogens (primary N) is 1. The van der Waals surface area contributed by atoms with E-state index in [1.54, 1.807) is 7.05 Å². The first-order valence-electron chi connectivity index (χ1n) is 2.85. The number of hydrogen-bond acceptors (Lipinski definition) is 3. The lowest BCUT2D eigenvalue weighted by Crippen LogP contribution is -2.32. The van der Waals surface area contributed by atoms with E-state index < -0.39 is 0 Å². The Balaban J connectivity index is 3.28. The Morgan fingerprint density at radius 1 is 1.78 bits per heavy atom. The number of nitrogens with one attached hydrogen (secondary N) is 1. The normalized spacial score (nSPS) is 9.22. The highest BCUT2D eigenvalue weighted by molar-refractivity contribution is 7.80. The van der Waals surface area contributed by atoms with Gasteiger partial charge in [0.05, 0.1) is 0 Å². The molecule has 3 N–H and O–H groups in total. The van der Waals surface area contributed by atoms with Crippen molar-refractivity contribution in [1.29, 1.82) is 5.41 Å². The number of hydrazine groups is 1. The summed E-state index contributed by atoms with van der Waals surface area (Å²) in [6.07, 6.45) is 1.64. The molecule has 0 aromatic rings. The summed E-state index contributed by atoms with van der Waals surface area (Å²) in [4.78, 5) is 0. The minimum atomic E-state index is 0.462. The maximum atomic E-state index is 7.21. The third kappa shape index (κ3) is 4.29. The minimum absolute atomic E-state index is 0.462. The van der Waals surface area contributed by atoms with Crippen molar-refractivity contribution in [3.63, 3.8) is 0 Å². The van der Waals surface area contributed by atoms with Crippen LogP contribution < -0.4 is 5.84 Å². The van der Waals surface area contributed by atoms with E-state index in [-0.39, 0.29) is 0 Å². The Kier molecular flexibility index (Phi) is 4.53.